The van der Waals surface area contributed by atoms with Crippen LogP contribution < -0.4 is 10.2 Å². The average molecular weight is 222 g/mol. The van der Waals surface area contributed by atoms with Gasteiger partial charge in [0.25, 0.3) is 0 Å². The van der Waals surface area contributed by atoms with Crippen LogP contribution in [0.15, 0.2) is 12.4 Å². The van der Waals surface area contributed by atoms with Gasteiger partial charge in [-0.1, -0.05) is 13.8 Å². The van der Waals surface area contributed by atoms with Crippen LogP contribution in [0.2, 0.25) is 0 Å². The number of nitrogens with one attached hydrogen (secondary N) is 1. The van der Waals surface area contributed by atoms with Crippen LogP contribution >= 0.6 is 0 Å². The number of anilines is 1. The highest BCUT2D eigenvalue weighted by atomic mass is 15.2. The van der Waals surface area contributed by atoms with Gasteiger partial charge in [0, 0.05) is 25.8 Å². The summed E-state index contributed by atoms with van der Waals surface area (Å²) in [6.07, 6.45) is 4.74. The molecule has 1 N–H and O–H groups in total. The Morgan fingerprint density at radius 2 is 2.12 bits per heavy atom. The van der Waals surface area contributed by atoms with Crippen LogP contribution in [-0.4, -0.2) is 29.6 Å². The van der Waals surface area contributed by atoms with Crippen molar-refractivity contribution in [2.75, 3.05) is 18.5 Å². The molecule has 0 amide bonds. The third-order valence-corrected chi connectivity index (χ3v) is 2.84. The van der Waals surface area contributed by atoms with Gasteiger partial charge in [-0.05, 0) is 19.9 Å². The van der Waals surface area contributed by atoms with E-state index in [9.17, 15) is 0 Å². The Balaban J connectivity index is 2.73. The van der Waals surface area contributed by atoms with Gasteiger partial charge in [-0.25, -0.2) is 4.98 Å². The summed E-state index contributed by atoms with van der Waals surface area (Å²) >= 11 is 0. The van der Waals surface area contributed by atoms with Crippen molar-refractivity contribution in [3.8, 4) is 0 Å². The first kappa shape index (κ1) is 12.9. The summed E-state index contributed by atoms with van der Waals surface area (Å²) in [5.74, 6) is 0.949. The first-order chi connectivity index (χ1) is 7.69. The Morgan fingerprint density at radius 3 is 2.75 bits per heavy atom. The lowest BCUT2D eigenvalue weighted by Gasteiger charge is -2.24. The molecule has 1 heterocycles. The SMILES string of the molecule is CCNCc1cncc(N(C)C(C)CC)n1. The molecule has 1 aromatic rings. The summed E-state index contributed by atoms with van der Waals surface area (Å²) in [5.41, 5.74) is 0.995. The Labute approximate surface area is 98.1 Å². The minimum absolute atomic E-state index is 0.490. The third-order valence-electron chi connectivity index (χ3n) is 2.84. The van der Waals surface area contributed by atoms with Crippen LogP contribution in [0.5, 0.6) is 0 Å². The fourth-order valence-corrected chi connectivity index (χ4v) is 1.40. The van der Waals surface area contributed by atoms with Gasteiger partial charge in [-0.3, -0.25) is 4.98 Å². The van der Waals surface area contributed by atoms with Gasteiger partial charge in [0.15, 0.2) is 0 Å². The number of nitrogens with zero attached hydrogens (tertiary/aromatic N) is 3. The second-order valence-electron chi connectivity index (χ2n) is 4.02. The smallest absolute Gasteiger partial charge is 0.147 e. The molecule has 1 aromatic heterocycles. The van der Waals surface area contributed by atoms with Crippen LogP contribution in [0.3, 0.4) is 0 Å². The molecule has 1 unspecified atom stereocenters. The highest BCUT2D eigenvalue weighted by molar-refractivity contribution is 5.36. The van der Waals surface area contributed by atoms with Gasteiger partial charge in [0.1, 0.15) is 5.82 Å². The first-order valence-electron chi connectivity index (χ1n) is 5.93. The molecule has 0 saturated heterocycles. The van der Waals surface area contributed by atoms with Crippen molar-refractivity contribution in [3.63, 3.8) is 0 Å². The summed E-state index contributed by atoms with van der Waals surface area (Å²) in [6, 6.07) is 0.490. The van der Waals surface area contributed by atoms with E-state index in [1.807, 2.05) is 12.4 Å². The molecule has 1 atom stereocenters. The zero-order valence-electron chi connectivity index (χ0n) is 10.7. The predicted octanol–water partition coefficient (Wildman–Crippen LogP) is 1.82. The van der Waals surface area contributed by atoms with Crippen molar-refractivity contribution >= 4 is 5.82 Å². The van der Waals surface area contributed by atoms with Crippen molar-refractivity contribution in [1.29, 1.82) is 0 Å². The molecular formula is C12H22N4. The molecule has 0 aromatic carbocycles. The van der Waals surface area contributed by atoms with Crippen molar-refractivity contribution in [2.24, 2.45) is 0 Å². The summed E-state index contributed by atoms with van der Waals surface area (Å²) < 4.78 is 0. The zero-order chi connectivity index (χ0) is 12.0. The maximum Gasteiger partial charge on any atom is 0.147 e. The third kappa shape index (κ3) is 3.45. The maximum absolute atomic E-state index is 4.58. The molecule has 0 saturated carbocycles. The normalized spacial score (nSPS) is 12.5. The van der Waals surface area contributed by atoms with Crippen LogP contribution in [-0.2, 0) is 6.54 Å². The molecule has 1 rings (SSSR count). The fourth-order valence-electron chi connectivity index (χ4n) is 1.40. The number of hydrogen-bond acceptors (Lipinski definition) is 4. The molecule has 0 aliphatic carbocycles. The molecule has 0 spiro atoms. The van der Waals surface area contributed by atoms with E-state index in [4.69, 9.17) is 0 Å². The largest absolute Gasteiger partial charge is 0.356 e. The van der Waals surface area contributed by atoms with Crippen molar-refractivity contribution in [1.82, 2.24) is 15.3 Å². The quantitative estimate of drug-likeness (QED) is 0.797. The van der Waals surface area contributed by atoms with Gasteiger partial charge in [-0.2, -0.15) is 0 Å². The number of rotatable bonds is 6. The van der Waals surface area contributed by atoms with Gasteiger partial charge in [-0.15, -0.1) is 0 Å². The molecule has 0 aliphatic rings. The van der Waals surface area contributed by atoms with Crippen LogP contribution in [0.25, 0.3) is 0 Å². The van der Waals surface area contributed by atoms with E-state index in [0.29, 0.717) is 6.04 Å². The fraction of sp³-hybridized carbons (Fsp3) is 0.667. The Bertz CT molecular complexity index is 314. The Kier molecular flexibility index (Phi) is 5.19. The van der Waals surface area contributed by atoms with E-state index >= 15 is 0 Å². The van der Waals surface area contributed by atoms with Gasteiger partial charge < -0.3 is 10.2 Å². The summed E-state index contributed by atoms with van der Waals surface area (Å²) in [4.78, 5) is 11.0. The molecule has 0 bridgehead atoms. The summed E-state index contributed by atoms with van der Waals surface area (Å²) in [5, 5.41) is 3.25. The Hall–Kier alpha value is -1.16. The first-order valence-corrected chi connectivity index (χ1v) is 5.93. The van der Waals surface area contributed by atoms with Crippen molar-refractivity contribution in [3.05, 3.63) is 18.1 Å². The van der Waals surface area contributed by atoms with E-state index in [1.54, 1.807) is 0 Å². The monoisotopic (exact) mass is 222 g/mol. The van der Waals surface area contributed by atoms with E-state index in [2.05, 4.69) is 48.0 Å². The molecule has 0 fully saturated rings. The lowest BCUT2D eigenvalue weighted by Crippen LogP contribution is -2.29. The number of hydrogen-bond donors (Lipinski definition) is 1. The van der Waals surface area contributed by atoms with E-state index in [1.165, 1.54) is 0 Å². The maximum atomic E-state index is 4.58. The molecule has 4 nitrogen and oxygen atoms in total. The summed E-state index contributed by atoms with van der Waals surface area (Å²) in [6.45, 7) is 8.19. The average Bonchev–Trinajstić information content (AvgIpc) is 2.34. The highest BCUT2D eigenvalue weighted by Crippen LogP contribution is 2.12. The summed E-state index contributed by atoms with van der Waals surface area (Å²) in [7, 11) is 2.06. The van der Waals surface area contributed by atoms with Gasteiger partial charge >= 0.3 is 0 Å². The van der Waals surface area contributed by atoms with Crippen LogP contribution in [0.1, 0.15) is 32.9 Å². The number of aromatic nitrogens is 2. The molecule has 4 heteroatoms. The van der Waals surface area contributed by atoms with Crippen LogP contribution in [0.4, 0.5) is 5.82 Å². The van der Waals surface area contributed by atoms with E-state index in [-0.39, 0.29) is 0 Å². The minimum atomic E-state index is 0.490. The second kappa shape index (κ2) is 6.43. The topological polar surface area (TPSA) is 41.1 Å². The van der Waals surface area contributed by atoms with Gasteiger partial charge in [0.05, 0.1) is 11.9 Å². The van der Waals surface area contributed by atoms with E-state index < -0.39 is 0 Å². The zero-order valence-corrected chi connectivity index (χ0v) is 10.7. The lowest BCUT2D eigenvalue weighted by molar-refractivity contribution is 0.648. The predicted molar refractivity (Wildman–Crippen MR) is 67.6 cm³/mol. The standard InChI is InChI=1S/C12H22N4/c1-5-10(3)16(4)12-9-14-8-11(15-12)7-13-6-2/h8-10,13H,5-7H2,1-4H3. The molecule has 16 heavy (non-hydrogen) atoms. The minimum Gasteiger partial charge on any atom is -0.356 e. The van der Waals surface area contributed by atoms with Crippen molar-refractivity contribution < 1.29 is 0 Å². The van der Waals surface area contributed by atoms with Crippen LogP contribution in [0, 0.1) is 0 Å². The second-order valence-corrected chi connectivity index (χ2v) is 4.02. The Morgan fingerprint density at radius 1 is 1.38 bits per heavy atom. The van der Waals surface area contributed by atoms with Gasteiger partial charge in [0.2, 0.25) is 0 Å². The highest BCUT2D eigenvalue weighted by Gasteiger charge is 2.09. The molecule has 0 aliphatic heterocycles. The van der Waals surface area contributed by atoms with Crippen molar-refractivity contribution in [2.45, 2.75) is 39.8 Å². The lowest BCUT2D eigenvalue weighted by atomic mass is 10.2. The molecular weight excluding hydrogens is 200 g/mol. The molecule has 90 valence electrons. The molecule has 0 radical (unpaired) electrons. The van der Waals surface area contributed by atoms with E-state index in [0.717, 1.165) is 31.0 Å².